The van der Waals surface area contributed by atoms with Gasteiger partial charge in [-0.1, -0.05) is 55.8 Å². The summed E-state index contributed by atoms with van der Waals surface area (Å²) in [7, 11) is -3.97. The van der Waals surface area contributed by atoms with Crippen LogP contribution in [0.5, 0.6) is 0 Å². The number of aryl methyl sites for hydroxylation is 1. The van der Waals surface area contributed by atoms with Gasteiger partial charge in [-0.2, -0.15) is 0 Å². The van der Waals surface area contributed by atoms with Crippen LogP contribution in [-0.4, -0.2) is 26.8 Å². The summed E-state index contributed by atoms with van der Waals surface area (Å²) in [4.78, 5) is 27.9. The molecule has 4 rings (SSSR count). The number of carbonyl (C=O) groups excluding carboxylic acids is 2. The molecule has 0 aliphatic carbocycles. The maximum Gasteiger partial charge on any atom is 0.259 e. The Labute approximate surface area is 200 Å². The van der Waals surface area contributed by atoms with Crippen molar-refractivity contribution in [2.45, 2.75) is 43.5 Å². The van der Waals surface area contributed by atoms with Crippen molar-refractivity contribution in [2.24, 2.45) is 5.92 Å². The maximum atomic E-state index is 13.7. The second-order valence-corrected chi connectivity index (χ2v) is 10.9. The Kier molecular flexibility index (Phi) is 6.57. The Balaban J connectivity index is 1.84. The van der Waals surface area contributed by atoms with Crippen molar-refractivity contribution in [1.82, 2.24) is 5.32 Å². The molecule has 3 aromatic carbocycles. The number of carbonyl (C=O) groups is 2. The molecule has 1 aliphatic heterocycles. The van der Waals surface area contributed by atoms with Crippen LogP contribution in [0.15, 0.2) is 76.5 Å². The lowest BCUT2D eigenvalue weighted by atomic mass is 10.1. The summed E-state index contributed by atoms with van der Waals surface area (Å²) in [5, 5.41) is 2.88. The second kappa shape index (κ2) is 9.43. The van der Waals surface area contributed by atoms with Crippen LogP contribution in [0.25, 0.3) is 0 Å². The molecule has 34 heavy (non-hydrogen) atoms. The van der Waals surface area contributed by atoms with Gasteiger partial charge in [-0.25, -0.2) is 8.42 Å². The number of nitrogens with one attached hydrogen (secondary N) is 1. The Bertz CT molecular complexity index is 1360. The van der Waals surface area contributed by atoms with Crippen LogP contribution in [-0.2, 0) is 16.4 Å². The van der Waals surface area contributed by atoms with Gasteiger partial charge in [-0.05, 0) is 55.2 Å². The molecule has 0 aromatic heterocycles. The number of fused-ring (bicyclic) bond motifs is 2. The molecule has 7 heteroatoms. The number of amides is 2. The van der Waals surface area contributed by atoms with Crippen LogP contribution in [0.2, 0.25) is 0 Å². The van der Waals surface area contributed by atoms with Gasteiger partial charge in [0.1, 0.15) is 0 Å². The highest BCUT2D eigenvalue weighted by Gasteiger charge is 2.36. The highest BCUT2D eigenvalue weighted by molar-refractivity contribution is 7.91. The zero-order chi connectivity index (χ0) is 24.5. The van der Waals surface area contributed by atoms with Crippen LogP contribution < -0.4 is 10.2 Å². The predicted molar refractivity (Wildman–Crippen MR) is 132 cm³/mol. The molecule has 0 atom stereocenters. The molecule has 6 nitrogen and oxygen atoms in total. The number of sulfone groups is 1. The first kappa shape index (κ1) is 23.7. The topological polar surface area (TPSA) is 83.6 Å². The quantitative estimate of drug-likeness (QED) is 0.556. The van der Waals surface area contributed by atoms with Gasteiger partial charge < -0.3 is 10.2 Å². The smallest absolute Gasteiger partial charge is 0.259 e. The van der Waals surface area contributed by atoms with Crippen LogP contribution in [0.1, 0.15) is 52.1 Å². The molecule has 0 saturated heterocycles. The Morgan fingerprint density at radius 1 is 0.971 bits per heavy atom. The largest absolute Gasteiger partial charge is 0.352 e. The van der Waals surface area contributed by atoms with Crippen LogP contribution >= 0.6 is 0 Å². The van der Waals surface area contributed by atoms with Crippen molar-refractivity contribution in [2.75, 3.05) is 11.4 Å². The zero-order valence-corrected chi connectivity index (χ0v) is 20.4. The minimum absolute atomic E-state index is 0.0113. The van der Waals surface area contributed by atoms with E-state index in [9.17, 15) is 18.0 Å². The standard InChI is InChI=1S/C27H28N2O4S/c1-18(2)13-14-28-26(30)21-11-12-25-23(16-21)29(17-20-8-6-7-19(3)15-20)27(31)22-9-4-5-10-24(22)34(25,32)33/h4-12,15-16,18H,13-14,17H2,1-3H3,(H,28,30). The van der Waals surface area contributed by atoms with E-state index in [4.69, 9.17) is 0 Å². The number of hydrogen-bond donors (Lipinski definition) is 1. The van der Waals surface area contributed by atoms with E-state index in [1.54, 1.807) is 12.1 Å². The number of benzene rings is 3. The Morgan fingerprint density at radius 2 is 1.74 bits per heavy atom. The predicted octanol–water partition coefficient (Wildman–Crippen LogP) is 4.76. The minimum Gasteiger partial charge on any atom is -0.352 e. The fourth-order valence-corrected chi connectivity index (χ4v) is 5.71. The first-order valence-electron chi connectivity index (χ1n) is 11.3. The highest BCUT2D eigenvalue weighted by atomic mass is 32.2. The molecule has 0 fully saturated rings. The summed E-state index contributed by atoms with van der Waals surface area (Å²) in [5.41, 5.74) is 2.54. The molecular weight excluding hydrogens is 448 g/mol. The van der Waals surface area contributed by atoms with E-state index in [1.165, 1.54) is 35.2 Å². The van der Waals surface area contributed by atoms with Crippen molar-refractivity contribution in [1.29, 1.82) is 0 Å². The molecule has 2 amide bonds. The van der Waals surface area contributed by atoms with Gasteiger partial charge in [0, 0.05) is 12.1 Å². The third-order valence-electron chi connectivity index (χ3n) is 5.88. The lowest BCUT2D eigenvalue weighted by Crippen LogP contribution is -2.31. The van der Waals surface area contributed by atoms with Crippen molar-refractivity contribution in [3.63, 3.8) is 0 Å². The summed E-state index contributed by atoms with van der Waals surface area (Å²) >= 11 is 0. The van der Waals surface area contributed by atoms with Gasteiger partial charge in [0.05, 0.1) is 27.6 Å². The van der Waals surface area contributed by atoms with E-state index in [0.717, 1.165) is 17.5 Å². The first-order chi connectivity index (χ1) is 16.2. The monoisotopic (exact) mass is 476 g/mol. The second-order valence-electron chi connectivity index (χ2n) is 9.00. The molecule has 0 saturated carbocycles. The van der Waals surface area contributed by atoms with Crippen molar-refractivity contribution in [3.05, 3.63) is 89.0 Å². The molecule has 0 bridgehead atoms. The van der Waals surface area contributed by atoms with E-state index >= 15 is 0 Å². The molecule has 0 unspecified atom stereocenters. The van der Waals surface area contributed by atoms with Gasteiger partial charge in [-0.3, -0.25) is 9.59 Å². The van der Waals surface area contributed by atoms with Gasteiger partial charge in [0.25, 0.3) is 11.8 Å². The maximum absolute atomic E-state index is 13.7. The molecule has 1 aliphatic rings. The summed E-state index contributed by atoms with van der Waals surface area (Å²) in [6, 6.07) is 18.4. The molecule has 3 aromatic rings. The molecule has 1 N–H and O–H groups in total. The third kappa shape index (κ3) is 4.61. The molecule has 0 radical (unpaired) electrons. The van der Waals surface area contributed by atoms with Crippen molar-refractivity contribution in [3.8, 4) is 0 Å². The van der Waals surface area contributed by atoms with Crippen LogP contribution in [0.3, 0.4) is 0 Å². The van der Waals surface area contributed by atoms with Crippen molar-refractivity contribution < 1.29 is 18.0 Å². The highest BCUT2D eigenvalue weighted by Crippen LogP contribution is 2.38. The van der Waals surface area contributed by atoms with E-state index in [-0.39, 0.29) is 33.5 Å². The van der Waals surface area contributed by atoms with E-state index < -0.39 is 15.7 Å². The summed E-state index contributed by atoms with van der Waals surface area (Å²) in [6.45, 7) is 6.80. The number of nitrogens with zero attached hydrogens (tertiary/aromatic N) is 1. The lowest BCUT2D eigenvalue weighted by Gasteiger charge is -2.24. The number of rotatable bonds is 6. The molecular formula is C27H28N2O4S. The van der Waals surface area contributed by atoms with Gasteiger partial charge in [0.15, 0.2) is 0 Å². The van der Waals surface area contributed by atoms with Crippen molar-refractivity contribution >= 4 is 27.3 Å². The Morgan fingerprint density at radius 3 is 2.47 bits per heavy atom. The summed E-state index contributed by atoms with van der Waals surface area (Å²) < 4.78 is 27.1. The minimum atomic E-state index is -3.97. The SMILES string of the molecule is Cc1cccc(CN2C(=O)c3ccccc3S(=O)(=O)c3ccc(C(=O)NCCC(C)C)cc32)c1. The number of hydrogen-bond acceptors (Lipinski definition) is 4. The Hall–Kier alpha value is -3.45. The van der Waals surface area contributed by atoms with Gasteiger partial charge >= 0.3 is 0 Å². The molecule has 1 heterocycles. The molecule has 0 spiro atoms. The summed E-state index contributed by atoms with van der Waals surface area (Å²) in [6.07, 6.45) is 0.832. The van der Waals surface area contributed by atoms with Crippen LogP contribution in [0, 0.1) is 12.8 Å². The average Bonchev–Trinajstić information content (AvgIpc) is 2.87. The average molecular weight is 477 g/mol. The fraction of sp³-hybridized carbons (Fsp3) is 0.259. The molecule has 176 valence electrons. The van der Waals surface area contributed by atoms with E-state index in [2.05, 4.69) is 19.2 Å². The third-order valence-corrected chi connectivity index (χ3v) is 7.74. The normalized spacial score (nSPS) is 14.4. The van der Waals surface area contributed by atoms with Gasteiger partial charge in [-0.15, -0.1) is 0 Å². The first-order valence-corrected chi connectivity index (χ1v) is 12.8. The van der Waals surface area contributed by atoms with Gasteiger partial charge in [0.2, 0.25) is 9.84 Å². The lowest BCUT2D eigenvalue weighted by molar-refractivity contribution is 0.0948. The zero-order valence-electron chi connectivity index (χ0n) is 19.5. The van der Waals surface area contributed by atoms with E-state index in [0.29, 0.717) is 18.0 Å². The summed E-state index contributed by atoms with van der Waals surface area (Å²) in [5.74, 6) is -0.277. The fourth-order valence-electron chi connectivity index (χ4n) is 4.07. The number of anilines is 1. The van der Waals surface area contributed by atoms with Crippen LogP contribution in [0.4, 0.5) is 5.69 Å². The van der Waals surface area contributed by atoms with E-state index in [1.807, 2.05) is 31.2 Å².